The zero-order chi connectivity index (χ0) is 15.5. The van der Waals surface area contributed by atoms with Crippen LogP contribution >= 0.6 is 0 Å². The third kappa shape index (κ3) is 2.53. The first-order valence-electron chi connectivity index (χ1n) is 6.98. The average molecular weight is 301 g/mol. The van der Waals surface area contributed by atoms with Crippen molar-refractivity contribution in [3.8, 4) is 0 Å². The number of pyridine rings is 1. The summed E-state index contributed by atoms with van der Waals surface area (Å²) >= 11 is 0. The van der Waals surface area contributed by atoms with Gasteiger partial charge in [-0.3, -0.25) is 9.13 Å². The summed E-state index contributed by atoms with van der Waals surface area (Å²) in [6.07, 6.45) is 1.64. The van der Waals surface area contributed by atoms with Crippen molar-refractivity contribution in [2.24, 2.45) is 0 Å². The maximum atomic E-state index is 13.9. The molecule has 0 saturated carbocycles. The molecule has 5 nitrogen and oxygen atoms in total. The van der Waals surface area contributed by atoms with E-state index < -0.39 is 0 Å². The second-order valence-electron chi connectivity index (χ2n) is 4.95. The Morgan fingerprint density at radius 2 is 2.00 bits per heavy atom. The number of halogens is 1. The number of hydrogen-bond acceptors (Lipinski definition) is 3. The fourth-order valence-electron chi connectivity index (χ4n) is 2.48. The molecule has 0 N–H and O–H groups in total. The van der Waals surface area contributed by atoms with Crippen molar-refractivity contribution in [2.45, 2.75) is 13.1 Å². The van der Waals surface area contributed by atoms with E-state index in [1.54, 1.807) is 42.1 Å². The van der Waals surface area contributed by atoms with Gasteiger partial charge in [0.15, 0.2) is 5.65 Å². The lowest BCUT2D eigenvalue weighted by Gasteiger charge is -2.04. The SMILES string of the molecule is COCCn1c(=O)n(Cc2ccccc2F)c2cccnc21. The van der Waals surface area contributed by atoms with Gasteiger partial charge in [-0.1, -0.05) is 18.2 Å². The van der Waals surface area contributed by atoms with Crippen molar-refractivity contribution in [2.75, 3.05) is 13.7 Å². The third-order valence-corrected chi connectivity index (χ3v) is 3.58. The second-order valence-corrected chi connectivity index (χ2v) is 4.95. The van der Waals surface area contributed by atoms with Crippen molar-refractivity contribution in [1.82, 2.24) is 14.1 Å². The number of fused-ring (bicyclic) bond motifs is 1. The van der Waals surface area contributed by atoms with E-state index in [9.17, 15) is 9.18 Å². The molecule has 0 unspecified atom stereocenters. The molecule has 2 heterocycles. The monoisotopic (exact) mass is 301 g/mol. The molecule has 2 aromatic heterocycles. The first-order valence-corrected chi connectivity index (χ1v) is 6.98. The fourth-order valence-corrected chi connectivity index (χ4v) is 2.48. The predicted molar refractivity (Wildman–Crippen MR) is 81.4 cm³/mol. The summed E-state index contributed by atoms with van der Waals surface area (Å²) in [5.74, 6) is -0.323. The van der Waals surface area contributed by atoms with Gasteiger partial charge in [0.25, 0.3) is 0 Å². The number of hydrogen-bond donors (Lipinski definition) is 0. The molecule has 0 radical (unpaired) electrons. The summed E-state index contributed by atoms with van der Waals surface area (Å²) in [7, 11) is 1.58. The van der Waals surface area contributed by atoms with E-state index in [2.05, 4.69) is 4.98 Å². The molecule has 0 bridgehead atoms. The molecule has 0 aliphatic heterocycles. The predicted octanol–water partition coefficient (Wildman–Crippen LogP) is 2.03. The largest absolute Gasteiger partial charge is 0.383 e. The molecule has 0 aliphatic carbocycles. The van der Waals surface area contributed by atoms with Crippen LogP contribution in [0.1, 0.15) is 5.56 Å². The van der Waals surface area contributed by atoms with Crippen LogP contribution in [0.5, 0.6) is 0 Å². The Kier molecular flexibility index (Phi) is 4.02. The molecule has 114 valence electrons. The maximum absolute atomic E-state index is 13.9. The summed E-state index contributed by atoms with van der Waals surface area (Å²) in [6.45, 7) is 0.996. The Morgan fingerprint density at radius 1 is 1.18 bits per heavy atom. The minimum absolute atomic E-state index is 0.174. The highest BCUT2D eigenvalue weighted by atomic mass is 19.1. The van der Waals surface area contributed by atoms with Gasteiger partial charge in [-0.05, 0) is 18.2 Å². The standard InChI is InChI=1S/C16H16FN3O2/c1-22-10-9-19-15-14(7-4-8-18-15)20(16(19)21)11-12-5-2-3-6-13(12)17/h2-8H,9-11H2,1H3. The lowest BCUT2D eigenvalue weighted by atomic mass is 10.2. The quantitative estimate of drug-likeness (QED) is 0.724. The fraction of sp³-hybridized carbons (Fsp3) is 0.250. The van der Waals surface area contributed by atoms with Gasteiger partial charge in [0, 0.05) is 18.9 Å². The summed E-state index contributed by atoms with van der Waals surface area (Å²) in [5, 5.41) is 0. The van der Waals surface area contributed by atoms with Gasteiger partial charge in [-0.25, -0.2) is 14.2 Å². The van der Waals surface area contributed by atoms with E-state index in [1.807, 2.05) is 6.07 Å². The molecule has 22 heavy (non-hydrogen) atoms. The van der Waals surface area contributed by atoms with Crippen molar-refractivity contribution in [3.05, 3.63) is 64.5 Å². The van der Waals surface area contributed by atoms with Crippen LogP contribution in [0.2, 0.25) is 0 Å². The van der Waals surface area contributed by atoms with Gasteiger partial charge in [0.1, 0.15) is 5.82 Å². The van der Waals surface area contributed by atoms with Crippen LogP contribution in [0.25, 0.3) is 11.2 Å². The summed E-state index contributed by atoms with van der Waals surface area (Å²) in [4.78, 5) is 16.9. The van der Waals surface area contributed by atoms with Gasteiger partial charge >= 0.3 is 5.69 Å². The molecule has 0 atom stereocenters. The van der Waals surface area contributed by atoms with Crippen LogP contribution in [0.15, 0.2) is 47.4 Å². The van der Waals surface area contributed by atoms with Gasteiger partial charge in [0.05, 0.1) is 25.2 Å². The van der Waals surface area contributed by atoms with Gasteiger partial charge in [-0.2, -0.15) is 0 Å². The highest BCUT2D eigenvalue weighted by molar-refractivity contribution is 5.71. The first kappa shape index (κ1) is 14.5. The molecule has 0 spiro atoms. The smallest absolute Gasteiger partial charge is 0.330 e. The van der Waals surface area contributed by atoms with Crippen LogP contribution in [-0.4, -0.2) is 27.8 Å². The highest BCUT2D eigenvalue weighted by Crippen LogP contribution is 2.14. The molecular formula is C16H16FN3O2. The molecule has 0 aliphatic rings. The number of nitrogens with zero attached hydrogens (tertiary/aromatic N) is 3. The molecule has 3 aromatic rings. The number of benzene rings is 1. The number of imidazole rings is 1. The Balaban J connectivity index is 2.11. The Bertz CT molecular complexity index is 854. The molecule has 0 saturated heterocycles. The third-order valence-electron chi connectivity index (χ3n) is 3.58. The molecular weight excluding hydrogens is 285 g/mol. The van der Waals surface area contributed by atoms with E-state index in [0.29, 0.717) is 29.9 Å². The van der Waals surface area contributed by atoms with Crippen LogP contribution in [0.3, 0.4) is 0 Å². The zero-order valence-corrected chi connectivity index (χ0v) is 12.2. The van der Waals surface area contributed by atoms with Gasteiger partial charge < -0.3 is 4.74 Å². The number of methoxy groups -OCH3 is 1. The van der Waals surface area contributed by atoms with E-state index in [0.717, 1.165) is 0 Å². The van der Waals surface area contributed by atoms with Gasteiger partial charge in [0.2, 0.25) is 0 Å². The van der Waals surface area contributed by atoms with E-state index in [-0.39, 0.29) is 18.1 Å². The van der Waals surface area contributed by atoms with E-state index in [4.69, 9.17) is 4.74 Å². The minimum atomic E-state index is -0.323. The Labute approximate surface area is 126 Å². The number of rotatable bonds is 5. The lowest BCUT2D eigenvalue weighted by Crippen LogP contribution is -2.26. The van der Waals surface area contributed by atoms with Crippen LogP contribution in [0, 0.1) is 5.82 Å². The topological polar surface area (TPSA) is 49.0 Å². The van der Waals surface area contributed by atoms with Gasteiger partial charge in [-0.15, -0.1) is 0 Å². The lowest BCUT2D eigenvalue weighted by molar-refractivity contribution is 0.187. The second kappa shape index (κ2) is 6.11. The summed E-state index contributed by atoms with van der Waals surface area (Å²) in [6, 6.07) is 10.0. The first-order chi connectivity index (χ1) is 10.7. The highest BCUT2D eigenvalue weighted by Gasteiger charge is 2.15. The van der Waals surface area contributed by atoms with E-state index in [1.165, 1.54) is 10.6 Å². The molecule has 0 fully saturated rings. The summed E-state index contributed by atoms with van der Waals surface area (Å²) < 4.78 is 22.0. The minimum Gasteiger partial charge on any atom is -0.383 e. The van der Waals surface area contributed by atoms with Crippen molar-refractivity contribution < 1.29 is 9.13 Å². The van der Waals surface area contributed by atoms with Crippen LogP contribution in [-0.2, 0) is 17.8 Å². The normalized spacial score (nSPS) is 11.2. The molecule has 1 aromatic carbocycles. The van der Waals surface area contributed by atoms with Crippen molar-refractivity contribution >= 4 is 11.2 Å². The number of ether oxygens (including phenoxy) is 1. The molecule has 3 rings (SSSR count). The number of aromatic nitrogens is 3. The molecule has 0 amide bonds. The maximum Gasteiger partial charge on any atom is 0.330 e. The Morgan fingerprint density at radius 3 is 2.77 bits per heavy atom. The van der Waals surface area contributed by atoms with Crippen LogP contribution in [0.4, 0.5) is 4.39 Å². The van der Waals surface area contributed by atoms with Crippen molar-refractivity contribution in [3.63, 3.8) is 0 Å². The molecule has 6 heteroatoms. The van der Waals surface area contributed by atoms with E-state index >= 15 is 0 Å². The average Bonchev–Trinajstić information content (AvgIpc) is 2.80. The summed E-state index contributed by atoms with van der Waals surface area (Å²) in [5.41, 5.74) is 1.53. The zero-order valence-electron chi connectivity index (χ0n) is 12.2. The van der Waals surface area contributed by atoms with Crippen molar-refractivity contribution in [1.29, 1.82) is 0 Å². The Hall–Kier alpha value is -2.47. The van der Waals surface area contributed by atoms with Crippen LogP contribution < -0.4 is 5.69 Å².